The number of ether oxygens (including phenoxy) is 1. The molecule has 1 atom stereocenters. The number of aryl methyl sites for hydroxylation is 1. The third-order valence-electron chi connectivity index (χ3n) is 2.72. The highest BCUT2D eigenvalue weighted by molar-refractivity contribution is 5.30. The van der Waals surface area contributed by atoms with Gasteiger partial charge in [-0.15, -0.1) is 0 Å². The molecule has 0 amide bonds. The third-order valence-corrected chi connectivity index (χ3v) is 2.72. The fraction of sp³-hybridized carbons (Fsp3) is 0.308. The molecule has 0 spiro atoms. The molecule has 1 unspecified atom stereocenters. The van der Waals surface area contributed by atoms with Gasteiger partial charge in [0.1, 0.15) is 5.75 Å². The zero-order chi connectivity index (χ0) is 12.3. The van der Waals surface area contributed by atoms with Crippen LogP contribution in [-0.4, -0.2) is 16.9 Å². The first-order valence-electron chi connectivity index (χ1n) is 5.57. The minimum atomic E-state index is -0.0556. The second kappa shape index (κ2) is 5.01. The number of nitrogens with zero attached hydrogens (tertiary/aromatic N) is 2. The predicted octanol–water partition coefficient (Wildman–Crippen LogP) is 1.67. The highest BCUT2D eigenvalue weighted by atomic mass is 16.5. The van der Waals surface area contributed by atoms with Gasteiger partial charge in [0.2, 0.25) is 0 Å². The molecule has 2 N–H and O–H groups in total. The molecule has 1 aromatic carbocycles. The summed E-state index contributed by atoms with van der Waals surface area (Å²) in [4.78, 5) is 0. The van der Waals surface area contributed by atoms with Crippen LogP contribution in [0.3, 0.4) is 0 Å². The second-order valence-electron chi connectivity index (χ2n) is 4.07. The van der Waals surface area contributed by atoms with Gasteiger partial charge < -0.3 is 10.5 Å². The first kappa shape index (κ1) is 11.7. The van der Waals surface area contributed by atoms with Crippen LogP contribution >= 0.6 is 0 Å². The molecule has 4 heteroatoms. The number of rotatable bonds is 4. The lowest BCUT2D eigenvalue weighted by Gasteiger charge is -2.11. The molecule has 17 heavy (non-hydrogen) atoms. The number of benzene rings is 1. The van der Waals surface area contributed by atoms with Crippen molar-refractivity contribution in [2.24, 2.45) is 12.8 Å². The van der Waals surface area contributed by atoms with Crippen molar-refractivity contribution in [2.75, 3.05) is 7.11 Å². The van der Waals surface area contributed by atoms with E-state index in [1.54, 1.807) is 11.8 Å². The van der Waals surface area contributed by atoms with Crippen LogP contribution in [0.1, 0.15) is 17.3 Å². The Morgan fingerprint density at radius 2 is 2.24 bits per heavy atom. The fourth-order valence-electron chi connectivity index (χ4n) is 1.79. The van der Waals surface area contributed by atoms with Crippen molar-refractivity contribution in [3.8, 4) is 5.75 Å². The predicted molar refractivity (Wildman–Crippen MR) is 66.8 cm³/mol. The van der Waals surface area contributed by atoms with Crippen LogP contribution in [0.2, 0.25) is 0 Å². The van der Waals surface area contributed by atoms with Crippen molar-refractivity contribution in [2.45, 2.75) is 12.5 Å². The third kappa shape index (κ3) is 2.85. The maximum Gasteiger partial charge on any atom is 0.119 e. The summed E-state index contributed by atoms with van der Waals surface area (Å²) in [5.74, 6) is 0.832. The molecule has 0 saturated heterocycles. The van der Waals surface area contributed by atoms with Gasteiger partial charge in [-0.1, -0.05) is 12.1 Å². The van der Waals surface area contributed by atoms with Gasteiger partial charge in [-0.25, -0.2) is 0 Å². The highest BCUT2D eigenvalue weighted by Gasteiger charge is 2.09. The molecule has 2 aromatic rings. The van der Waals surface area contributed by atoms with E-state index in [-0.39, 0.29) is 6.04 Å². The number of methoxy groups -OCH3 is 1. The van der Waals surface area contributed by atoms with E-state index in [1.807, 2.05) is 43.6 Å². The molecular weight excluding hydrogens is 214 g/mol. The van der Waals surface area contributed by atoms with Gasteiger partial charge in [0.05, 0.1) is 12.8 Å². The minimum absolute atomic E-state index is 0.0556. The lowest BCUT2D eigenvalue weighted by molar-refractivity contribution is 0.413. The van der Waals surface area contributed by atoms with Crippen LogP contribution in [-0.2, 0) is 13.5 Å². The van der Waals surface area contributed by atoms with Gasteiger partial charge >= 0.3 is 0 Å². The lowest BCUT2D eigenvalue weighted by atomic mass is 10.0. The van der Waals surface area contributed by atoms with E-state index < -0.39 is 0 Å². The number of nitrogens with two attached hydrogens (primary N) is 1. The largest absolute Gasteiger partial charge is 0.497 e. The topological polar surface area (TPSA) is 53.1 Å². The van der Waals surface area contributed by atoms with E-state index in [2.05, 4.69) is 5.10 Å². The average molecular weight is 231 g/mol. The zero-order valence-corrected chi connectivity index (χ0v) is 10.1. The van der Waals surface area contributed by atoms with E-state index in [0.29, 0.717) is 0 Å². The molecule has 1 aromatic heterocycles. The van der Waals surface area contributed by atoms with E-state index in [0.717, 1.165) is 23.4 Å². The molecule has 0 bridgehead atoms. The quantitative estimate of drug-likeness (QED) is 0.870. The van der Waals surface area contributed by atoms with Crippen molar-refractivity contribution >= 4 is 0 Å². The summed E-state index contributed by atoms with van der Waals surface area (Å²) in [5.41, 5.74) is 8.22. The van der Waals surface area contributed by atoms with Gasteiger partial charge in [0.15, 0.2) is 0 Å². The van der Waals surface area contributed by atoms with Crippen molar-refractivity contribution in [3.05, 3.63) is 47.8 Å². The fourth-order valence-corrected chi connectivity index (χ4v) is 1.79. The van der Waals surface area contributed by atoms with Crippen LogP contribution in [0, 0.1) is 0 Å². The van der Waals surface area contributed by atoms with E-state index >= 15 is 0 Å². The number of hydrogen-bond acceptors (Lipinski definition) is 3. The molecule has 0 aliphatic heterocycles. The first-order chi connectivity index (χ1) is 8.19. The zero-order valence-electron chi connectivity index (χ0n) is 10.1. The minimum Gasteiger partial charge on any atom is -0.497 e. The molecule has 1 heterocycles. The molecule has 0 aliphatic carbocycles. The Morgan fingerprint density at radius 3 is 2.88 bits per heavy atom. The van der Waals surface area contributed by atoms with Crippen molar-refractivity contribution in [3.63, 3.8) is 0 Å². The highest BCUT2D eigenvalue weighted by Crippen LogP contribution is 2.19. The Bertz CT molecular complexity index is 493. The van der Waals surface area contributed by atoms with Gasteiger partial charge in [-0.2, -0.15) is 5.10 Å². The van der Waals surface area contributed by atoms with Crippen molar-refractivity contribution < 1.29 is 4.74 Å². The maximum absolute atomic E-state index is 6.16. The maximum atomic E-state index is 6.16. The Labute approximate surface area is 101 Å². The summed E-state index contributed by atoms with van der Waals surface area (Å²) in [6.45, 7) is 0. The van der Waals surface area contributed by atoms with Crippen LogP contribution in [0.15, 0.2) is 36.5 Å². The lowest BCUT2D eigenvalue weighted by Crippen LogP contribution is -2.13. The van der Waals surface area contributed by atoms with Crippen LogP contribution < -0.4 is 10.5 Å². The Kier molecular flexibility index (Phi) is 3.44. The molecule has 4 nitrogen and oxygen atoms in total. The van der Waals surface area contributed by atoms with E-state index in [1.165, 1.54) is 0 Å². The summed E-state index contributed by atoms with van der Waals surface area (Å²) in [7, 11) is 3.56. The van der Waals surface area contributed by atoms with E-state index in [9.17, 15) is 0 Å². The second-order valence-corrected chi connectivity index (χ2v) is 4.07. The molecule has 2 rings (SSSR count). The molecule has 0 aliphatic rings. The number of hydrogen-bond donors (Lipinski definition) is 1. The van der Waals surface area contributed by atoms with Crippen LogP contribution in [0.4, 0.5) is 0 Å². The normalized spacial score (nSPS) is 12.4. The van der Waals surface area contributed by atoms with E-state index in [4.69, 9.17) is 10.5 Å². The Balaban J connectivity index is 2.11. The summed E-state index contributed by atoms with van der Waals surface area (Å²) < 4.78 is 6.97. The SMILES string of the molecule is COc1cccc(C(N)Cc2ccn(C)n2)c1. The first-order valence-corrected chi connectivity index (χ1v) is 5.57. The molecule has 90 valence electrons. The monoisotopic (exact) mass is 231 g/mol. The smallest absolute Gasteiger partial charge is 0.119 e. The van der Waals surface area contributed by atoms with Crippen molar-refractivity contribution in [1.29, 1.82) is 0 Å². The summed E-state index contributed by atoms with van der Waals surface area (Å²) in [5, 5.41) is 4.32. The summed E-state index contributed by atoms with van der Waals surface area (Å²) in [6.07, 6.45) is 2.65. The van der Waals surface area contributed by atoms with Crippen LogP contribution in [0.5, 0.6) is 5.75 Å². The van der Waals surface area contributed by atoms with Crippen LogP contribution in [0.25, 0.3) is 0 Å². The molecule has 0 saturated carbocycles. The Hall–Kier alpha value is -1.81. The molecule has 0 fully saturated rings. The van der Waals surface area contributed by atoms with Gasteiger partial charge in [-0.3, -0.25) is 4.68 Å². The Morgan fingerprint density at radius 1 is 1.41 bits per heavy atom. The summed E-state index contributed by atoms with van der Waals surface area (Å²) in [6, 6.07) is 9.77. The van der Waals surface area contributed by atoms with Gasteiger partial charge in [0.25, 0.3) is 0 Å². The van der Waals surface area contributed by atoms with Crippen molar-refractivity contribution in [1.82, 2.24) is 9.78 Å². The average Bonchev–Trinajstić information content (AvgIpc) is 2.75. The standard InChI is InChI=1S/C13H17N3O/c1-16-7-6-11(15-16)9-13(14)10-4-3-5-12(8-10)17-2/h3-8,13H,9,14H2,1-2H3. The molecular formula is C13H17N3O. The van der Waals surface area contributed by atoms with Gasteiger partial charge in [0, 0.05) is 25.7 Å². The number of aromatic nitrogens is 2. The van der Waals surface area contributed by atoms with Gasteiger partial charge in [-0.05, 0) is 23.8 Å². The molecule has 0 radical (unpaired) electrons. The summed E-state index contributed by atoms with van der Waals surface area (Å²) >= 11 is 0.